The van der Waals surface area contributed by atoms with Crippen molar-refractivity contribution in [3.05, 3.63) is 46.7 Å². The van der Waals surface area contributed by atoms with Crippen LogP contribution >= 0.6 is 0 Å². The van der Waals surface area contributed by atoms with Gasteiger partial charge in [-0.3, -0.25) is 4.79 Å². The molecule has 0 radical (unpaired) electrons. The minimum absolute atomic E-state index is 0.113. The summed E-state index contributed by atoms with van der Waals surface area (Å²) in [5.41, 5.74) is 2.22. The Morgan fingerprint density at radius 1 is 1.32 bits per heavy atom. The lowest BCUT2D eigenvalue weighted by Gasteiger charge is -2.13. The summed E-state index contributed by atoms with van der Waals surface area (Å²) in [7, 11) is 0. The van der Waals surface area contributed by atoms with E-state index in [1.54, 1.807) is 13.0 Å². The van der Waals surface area contributed by atoms with Gasteiger partial charge in [0, 0.05) is 5.56 Å². The Hall–Kier alpha value is -2.17. The highest BCUT2D eigenvalue weighted by molar-refractivity contribution is 5.94. The Morgan fingerprint density at radius 2 is 2.05 bits per heavy atom. The lowest BCUT2D eigenvalue weighted by molar-refractivity contribution is 0.0939. The third kappa shape index (κ3) is 2.99. The van der Waals surface area contributed by atoms with Gasteiger partial charge in [0.25, 0.3) is 5.91 Å². The van der Waals surface area contributed by atoms with Crippen LogP contribution in [0.1, 0.15) is 46.1 Å². The molecule has 100 valence electrons. The number of hydrogen-bond donors (Lipinski definition) is 1. The quantitative estimate of drug-likeness (QED) is 0.919. The van der Waals surface area contributed by atoms with Gasteiger partial charge in [-0.2, -0.15) is 10.2 Å². The molecule has 0 saturated heterocycles. The summed E-state index contributed by atoms with van der Waals surface area (Å²) in [4.78, 5) is 12.1. The van der Waals surface area contributed by atoms with Gasteiger partial charge >= 0.3 is 0 Å². The fourth-order valence-corrected chi connectivity index (χ4v) is 2.04. The topological polar surface area (TPSA) is 68.0 Å². The fourth-order valence-electron chi connectivity index (χ4n) is 2.04. The van der Waals surface area contributed by atoms with E-state index < -0.39 is 0 Å². The van der Waals surface area contributed by atoms with Crippen LogP contribution in [-0.4, -0.2) is 16.1 Å². The van der Waals surface area contributed by atoms with Crippen molar-refractivity contribution in [2.45, 2.75) is 33.7 Å². The Labute approximate surface area is 112 Å². The zero-order chi connectivity index (χ0) is 14.0. The first-order valence-corrected chi connectivity index (χ1v) is 6.14. The Kier molecular flexibility index (Phi) is 3.64. The lowest BCUT2D eigenvalue weighted by Crippen LogP contribution is -2.27. The highest BCUT2D eigenvalue weighted by Gasteiger charge is 2.16. The Morgan fingerprint density at radius 3 is 2.63 bits per heavy atom. The van der Waals surface area contributed by atoms with Crippen molar-refractivity contribution in [2.24, 2.45) is 0 Å². The molecule has 2 aromatic rings. The van der Waals surface area contributed by atoms with Gasteiger partial charge in [0.2, 0.25) is 0 Å². The van der Waals surface area contributed by atoms with E-state index in [0.29, 0.717) is 5.56 Å². The molecule has 5 heteroatoms. The van der Waals surface area contributed by atoms with Crippen molar-refractivity contribution in [1.29, 1.82) is 0 Å². The van der Waals surface area contributed by atoms with E-state index in [-0.39, 0.29) is 11.9 Å². The summed E-state index contributed by atoms with van der Waals surface area (Å²) in [5.74, 6) is 1.51. The van der Waals surface area contributed by atoms with Crippen molar-refractivity contribution in [2.75, 3.05) is 0 Å². The van der Waals surface area contributed by atoms with Gasteiger partial charge in [0.05, 0.1) is 23.5 Å². The summed E-state index contributed by atoms with van der Waals surface area (Å²) in [6, 6.07) is 3.54. The number of nitrogens with zero attached hydrogens (tertiary/aromatic N) is 2. The Balaban J connectivity index is 2.13. The molecule has 0 bridgehead atoms. The van der Waals surface area contributed by atoms with Gasteiger partial charge in [-0.05, 0) is 39.8 Å². The van der Waals surface area contributed by atoms with E-state index in [2.05, 4.69) is 15.5 Å². The van der Waals surface area contributed by atoms with Crippen LogP contribution < -0.4 is 5.32 Å². The number of amides is 1. The molecule has 0 spiro atoms. The number of furan rings is 1. The molecule has 0 aliphatic heterocycles. The summed E-state index contributed by atoms with van der Waals surface area (Å²) < 4.78 is 5.47. The molecule has 1 atom stereocenters. The van der Waals surface area contributed by atoms with E-state index in [4.69, 9.17) is 4.42 Å². The van der Waals surface area contributed by atoms with Crippen LogP contribution in [0.4, 0.5) is 0 Å². The molecule has 0 unspecified atom stereocenters. The average Bonchev–Trinajstić information content (AvgIpc) is 2.68. The number of hydrogen-bond acceptors (Lipinski definition) is 4. The second kappa shape index (κ2) is 5.22. The predicted molar refractivity (Wildman–Crippen MR) is 70.8 cm³/mol. The van der Waals surface area contributed by atoms with Crippen LogP contribution in [0.5, 0.6) is 0 Å². The van der Waals surface area contributed by atoms with Gasteiger partial charge in [-0.15, -0.1) is 0 Å². The van der Waals surface area contributed by atoms with E-state index in [1.807, 2.05) is 26.8 Å². The predicted octanol–water partition coefficient (Wildman–Crippen LogP) is 2.49. The van der Waals surface area contributed by atoms with Gasteiger partial charge in [-0.25, -0.2) is 0 Å². The summed E-state index contributed by atoms with van der Waals surface area (Å²) in [6.07, 6.45) is 1.46. The minimum Gasteiger partial charge on any atom is -0.466 e. The van der Waals surface area contributed by atoms with Gasteiger partial charge < -0.3 is 9.73 Å². The maximum absolute atomic E-state index is 12.1. The average molecular weight is 259 g/mol. The summed E-state index contributed by atoms with van der Waals surface area (Å²) in [5, 5.41) is 10.5. The maximum Gasteiger partial charge on any atom is 0.253 e. The monoisotopic (exact) mass is 259 g/mol. The molecule has 0 fully saturated rings. The van der Waals surface area contributed by atoms with E-state index in [9.17, 15) is 4.79 Å². The first kappa shape index (κ1) is 13.3. The highest BCUT2D eigenvalue weighted by atomic mass is 16.3. The number of aryl methyl sites for hydroxylation is 3. The lowest BCUT2D eigenvalue weighted by atomic mass is 10.1. The molecule has 0 saturated carbocycles. The van der Waals surface area contributed by atoms with Crippen LogP contribution in [0.2, 0.25) is 0 Å². The van der Waals surface area contributed by atoms with Crippen molar-refractivity contribution < 1.29 is 9.21 Å². The van der Waals surface area contributed by atoms with E-state index in [0.717, 1.165) is 22.8 Å². The zero-order valence-electron chi connectivity index (χ0n) is 11.5. The molecule has 0 aliphatic carbocycles. The molecule has 2 aromatic heterocycles. The molecular weight excluding hydrogens is 242 g/mol. The molecule has 0 aliphatic rings. The fraction of sp³-hybridized carbons (Fsp3) is 0.357. The zero-order valence-corrected chi connectivity index (χ0v) is 11.5. The van der Waals surface area contributed by atoms with Crippen molar-refractivity contribution in [1.82, 2.24) is 15.5 Å². The number of carbonyl (C=O) groups is 1. The molecule has 2 heterocycles. The van der Waals surface area contributed by atoms with Gasteiger partial charge in [-0.1, -0.05) is 0 Å². The summed E-state index contributed by atoms with van der Waals surface area (Å²) in [6.45, 7) is 7.51. The SMILES string of the molecule is Cc1cc(C(=O)N[C@H](C)c2cc(C)oc2C)cnn1. The number of rotatable bonds is 3. The van der Waals surface area contributed by atoms with Crippen LogP contribution in [0, 0.1) is 20.8 Å². The third-order valence-corrected chi connectivity index (χ3v) is 2.93. The first-order valence-electron chi connectivity index (χ1n) is 6.14. The molecule has 0 aromatic carbocycles. The van der Waals surface area contributed by atoms with E-state index in [1.165, 1.54) is 6.20 Å². The largest absolute Gasteiger partial charge is 0.466 e. The van der Waals surface area contributed by atoms with Crippen molar-refractivity contribution in [3.8, 4) is 0 Å². The standard InChI is InChI=1S/C14H17N3O2/c1-8-5-12(7-15-17-8)14(18)16-10(3)13-6-9(2)19-11(13)4/h5-7,10H,1-4H3,(H,16,18)/t10-/m1/s1. The summed E-state index contributed by atoms with van der Waals surface area (Å²) >= 11 is 0. The normalized spacial score (nSPS) is 12.2. The molecule has 1 amide bonds. The van der Waals surface area contributed by atoms with E-state index >= 15 is 0 Å². The molecule has 5 nitrogen and oxygen atoms in total. The second-order valence-corrected chi connectivity index (χ2v) is 4.65. The Bertz CT molecular complexity index is 604. The van der Waals surface area contributed by atoms with Crippen LogP contribution in [-0.2, 0) is 0 Å². The third-order valence-electron chi connectivity index (χ3n) is 2.93. The molecule has 19 heavy (non-hydrogen) atoms. The minimum atomic E-state index is -0.163. The van der Waals surface area contributed by atoms with Crippen molar-refractivity contribution >= 4 is 5.91 Å². The number of carbonyl (C=O) groups excluding carboxylic acids is 1. The first-order chi connectivity index (χ1) is 8.97. The second-order valence-electron chi connectivity index (χ2n) is 4.65. The molecular formula is C14H17N3O2. The highest BCUT2D eigenvalue weighted by Crippen LogP contribution is 2.21. The van der Waals surface area contributed by atoms with Crippen LogP contribution in [0.15, 0.2) is 22.7 Å². The molecule has 1 N–H and O–H groups in total. The maximum atomic E-state index is 12.1. The van der Waals surface area contributed by atoms with Crippen LogP contribution in [0.3, 0.4) is 0 Å². The molecule has 2 rings (SSSR count). The van der Waals surface area contributed by atoms with Crippen molar-refractivity contribution in [3.63, 3.8) is 0 Å². The van der Waals surface area contributed by atoms with Gasteiger partial charge in [0.1, 0.15) is 11.5 Å². The van der Waals surface area contributed by atoms with Crippen LogP contribution in [0.25, 0.3) is 0 Å². The van der Waals surface area contributed by atoms with Gasteiger partial charge in [0.15, 0.2) is 0 Å². The number of aromatic nitrogens is 2. The smallest absolute Gasteiger partial charge is 0.253 e. The number of nitrogens with one attached hydrogen (secondary N) is 1.